The summed E-state index contributed by atoms with van der Waals surface area (Å²) in [6.45, 7) is 4.67. The van der Waals surface area contributed by atoms with Crippen LogP contribution < -0.4 is 25.0 Å². The average Bonchev–Trinajstić information content (AvgIpc) is 3.57. The van der Waals surface area contributed by atoms with Gasteiger partial charge in [0.1, 0.15) is 34.7 Å². The number of piperidine rings is 2. The van der Waals surface area contributed by atoms with Gasteiger partial charge in [-0.25, -0.2) is 28.7 Å². The van der Waals surface area contributed by atoms with E-state index in [9.17, 15) is 26.8 Å². The number of ether oxygens (including phenoxy) is 2. The van der Waals surface area contributed by atoms with Crippen LogP contribution in [0, 0.1) is 29.4 Å². The van der Waals surface area contributed by atoms with E-state index >= 15 is 0 Å². The Morgan fingerprint density at radius 3 is 1.37 bits per heavy atom. The summed E-state index contributed by atoms with van der Waals surface area (Å²) in [5.41, 5.74) is 5.77. The van der Waals surface area contributed by atoms with Gasteiger partial charge in [0.25, 0.3) is 10.1 Å². The fraction of sp³-hybridized carbons (Fsp3) is 0.633. The van der Waals surface area contributed by atoms with Gasteiger partial charge < -0.3 is 45.4 Å². The lowest BCUT2D eigenvalue weighted by Crippen LogP contribution is -2.34. The number of aliphatic hydroxyl groups is 4. The first kappa shape index (κ1) is 70.8. The van der Waals surface area contributed by atoms with Gasteiger partial charge in [-0.3, -0.25) is 13.8 Å². The molecule has 2 aliphatic rings. The number of Topliss-reactive ketones (excluding diaryl/α,β-unsaturated/α-hetero) is 2. The first-order valence-electron chi connectivity index (χ1n) is 29.3. The van der Waals surface area contributed by atoms with Gasteiger partial charge in [-0.1, -0.05) is 73.9 Å². The van der Waals surface area contributed by atoms with E-state index in [0.29, 0.717) is 83.4 Å². The van der Waals surface area contributed by atoms with Crippen LogP contribution in [0.25, 0.3) is 0 Å². The van der Waals surface area contributed by atoms with Crippen molar-refractivity contribution in [3.05, 3.63) is 94.0 Å². The molecule has 2 aromatic heterocycles. The molecule has 464 valence electrons. The summed E-state index contributed by atoms with van der Waals surface area (Å²) >= 11 is 11.7. The Bertz CT molecular complexity index is 2540. The second-order valence-electron chi connectivity index (χ2n) is 21.5. The average molecular weight is 1230 g/mol. The molecule has 4 heterocycles. The maximum atomic E-state index is 14.6. The van der Waals surface area contributed by atoms with Gasteiger partial charge in [0.15, 0.2) is 0 Å². The molecule has 2 saturated heterocycles. The molecule has 2 aliphatic heterocycles. The number of carbonyl (C=O) groups is 2. The molecule has 0 radical (unpaired) electrons. The molecule has 83 heavy (non-hydrogen) atoms. The lowest BCUT2D eigenvalue weighted by atomic mass is 9.92. The summed E-state index contributed by atoms with van der Waals surface area (Å²) in [5, 5.41) is 35.3. The number of aliphatic hydroxyl groups excluding tert-OH is 4. The Hall–Kier alpha value is -4.71. The van der Waals surface area contributed by atoms with Gasteiger partial charge in [-0.05, 0) is 112 Å². The molecule has 6 N–H and O–H groups in total. The number of nitrogens with zero attached hydrogens (tertiary/aromatic N) is 6. The second-order valence-corrected chi connectivity index (χ2v) is 24.1. The van der Waals surface area contributed by atoms with Gasteiger partial charge in [0.05, 0.1) is 80.2 Å². The number of rotatable bonds is 36. The molecule has 0 unspecified atom stereocenters. The Kier molecular flexibility index (Phi) is 34.6. The summed E-state index contributed by atoms with van der Waals surface area (Å²) < 4.78 is 67.1. The normalized spacial score (nSPS) is 14.1. The highest BCUT2D eigenvalue weighted by molar-refractivity contribution is 7.85. The van der Waals surface area contributed by atoms with Gasteiger partial charge >= 0.3 is 0 Å². The second kappa shape index (κ2) is 40.6. The van der Waals surface area contributed by atoms with Crippen LogP contribution >= 0.6 is 23.2 Å². The van der Waals surface area contributed by atoms with Crippen molar-refractivity contribution in [3.8, 4) is 11.5 Å². The van der Waals surface area contributed by atoms with Crippen LogP contribution in [0.15, 0.2) is 61.2 Å². The Morgan fingerprint density at radius 2 is 1.00 bits per heavy atom. The zero-order valence-corrected chi connectivity index (χ0v) is 50.6. The van der Waals surface area contributed by atoms with Crippen LogP contribution in [0.3, 0.4) is 0 Å². The topological polar surface area (TPSA) is 261 Å². The van der Waals surface area contributed by atoms with E-state index in [1.54, 1.807) is 49.1 Å². The van der Waals surface area contributed by atoms with Crippen LogP contribution in [0.5, 0.6) is 11.5 Å². The molecule has 2 fully saturated rings. The number of hydrogen-bond acceptors (Lipinski definition) is 18. The number of halogens is 4. The third-order valence-corrected chi connectivity index (χ3v) is 15.6. The smallest absolute Gasteiger partial charge is 0.264 e. The van der Waals surface area contributed by atoms with Crippen LogP contribution in [0.2, 0.25) is 10.0 Å². The fourth-order valence-electron chi connectivity index (χ4n) is 9.60. The van der Waals surface area contributed by atoms with Crippen molar-refractivity contribution in [2.24, 2.45) is 23.5 Å². The first-order valence-corrected chi connectivity index (χ1v) is 31.9. The van der Waals surface area contributed by atoms with E-state index in [1.807, 2.05) is 0 Å². The molecule has 0 bridgehead atoms. The molecule has 6 rings (SSSR count). The Labute approximate surface area is 500 Å². The van der Waals surface area contributed by atoms with Gasteiger partial charge in [0.2, 0.25) is 11.9 Å². The summed E-state index contributed by atoms with van der Waals surface area (Å²) in [6.07, 6.45) is 25.2. The maximum Gasteiger partial charge on any atom is 0.264 e. The molecule has 18 nitrogen and oxygen atoms in total. The van der Waals surface area contributed by atoms with Crippen molar-refractivity contribution in [3.63, 3.8) is 0 Å². The number of benzene rings is 2. The summed E-state index contributed by atoms with van der Waals surface area (Å²) in [5.74, 6) is 2.88. The van der Waals surface area contributed by atoms with Crippen LogP contribution in [0.4, 0.5) is 20.7 Å². The van der Waals surface area contributed by atoms with Crippen molar-refractivity contribution in [1.82, 2.24) is 19.9 Å². The van der Waals surface area contributed by atoms with E-state index in [1.165, 1.54) is 12.1 Å². The van der Waals surface area contributed by atoms with Crippen molar-refractivity contribution in [2.45, 2.75) is 147 Å². The summed E-state index contributed by atoms with van der Waals surface area (Å²) in [7, 11) is -3.40. The predicted octanol–water partition coefficient (Wildman–Crippen LogP) is 9.47. The van der Waals surface area contributed by atoms with Crippen molar-refractivity contribution in [1.29, 1.82) is 0 Å². The SMILES string of the molecule is CS(=O)(=O)OCCCCCCC(=O)Cc1ccc(OCCCC2CCN(c3ncc(Cl)cn3)CC2)cc1F.NC(CO)CO.O=C(CCCCCCCC(CO)CO)Cc1ccc(OCCCC2CCN(c3ncc(Cl)cn3)CC2)cc1F. The standard InChI is InChI=1S/C30H43ClFN3O4.C27H37ClFN3O5S.C3H9NO2/c31-26-19-33-30(34-20-26)35-14-12-23(13-15-35)8-6-16-39-28-11-10-25(29(32)18-28)17-27(38)9-5-3-1-2-4-7-24(21-36)22-37;1-38(34,35)37-16-5-3-2-4-8-24(33)17-22-9-10-25(18-26(22)29)36-15-6-7-21-11-13-32(14-12-21)27-30-19-23(28)20-31-27;4-3(1-5)2-6/h10-11,18-20,23-24,36-37H,1-9,12-17,21-22H2;9-10,18-21H,2-8,11-17H2,1H3;3,5-6H,1-2,4H2. The fourth-order valence-corrected chi connectivity index (χ4v) is 10.2. The minimum atomic E-state index is -3.40. The number of unbranched alkanes of at least 4 members (excludes halogenated alkanes) is 7. The third-order valence-electron chi connectivity index (χ3n) is 14.6. The monoisotopic (exact) mass is 1220 g/mol. The number of anilines is 2. The molecular weight excluding hydrogens is 1140 g/mol. The highest BCUT2D eigenvalue weighted by atomic mass is 35.5. The van der Waals surface area contributed by atoms with Crippen molar-refractivity contribution in [2.75, 3.05) is 88.5 Å². The van der Waals surface area contributed by atoms with E-state index in [0.717, 1.165) is 147 Å². The molecule has 4 aromatic rings. The number of carbonyl (C=O) groups excluding carboxylic acids is 2. The van der Waals surface area contributed by atoms with E-state index in [-0.39, 0.29) is 69.2 Å². The number of hydrogen-bond donors (Lipinski definition) is 5. The molecule has 23 heteroatoms. The third kappa shape index (κ3) is 30.3. The highest BCUT2D eigenvalue weighted by Crippen LogP contribution is 2.28. The van der Waals surface area contributed by atoms with E-state index in [4.69, 9.17) is 58.8 Å². The van der Waals surface area contributed by atoms with Crippen molar-refractivity contribution < 1.29 is 60.9 Å². The largest absolute Gasteiger partial charge is 0.493 e. The minimum Gasteiger partial charge on any atom is -0.493 e. The lowest BCUT2D eigenvalue weighted by Gasteiger charge is -2.31. The minimum absolute atomic E-state index is 0.0152. The molecule has 0 aliphatic carbocycles. The van der Waals surface area contributed by atoms with Gasteiger partial charge in [-0.2, -0.15) is 8.42 Å². The molecule has 0 saturated carbocycles. The predicted molar refractivity (Wildman–Crippen MR) is 320 cm³/mol. The molecular formula is C60H89Cl2F2N7O11S. The Balaban J connectivity index is 0.000000324. The first-order chi connectivity index (χ1) is 40.0. The lowest BCUT2D eigenvalue weighted by molar-refractivity contribution is -0.119. The van der Waals surface area contributed by atoms with E-state index < -0.39 is 22.0 Å². The van der Waals surface area contributed by atoms with Gasteiger partial charge in [-0.15, -0.1) is 0 Å². The van der Waals surface area contributed by atoms with E-state index in [2.05, 4.69) is 33.9 Å². The highest BCUT2D eigenvalue weighted by Gasteiger charge is 2.23. The molecule has 0 amide bonds. The van der Waals surface area contributed by atoms with Crippen LogP contribution in [-0.4, -0.2) is 145 Å². The number of aromatic nitrogens is 4. The summed E-state index contributed by atoms with van der Waals surface area (Å²) in [4.78, 5) is 46.1. The van der Waals surface area contributed by atoms with Crippen LogP contribution in [0.1, 0.15) is 140 Å². The maximum absolute atomic E-state index is 14.6. The van der Waals surface area contributed by atoms with Crippen LogP contribution in [-0.2, 0) is 36.7 Å². The number of ketones is 2. The zero-order valence-electron chi connectivity index (χ0n) is 48.2. The Morgan fingerprint density at radius 1 is 0.602 bits per heavy atom. The zero-order chi connectivity index (χ0) is 60.2. The van der Waals surface area contributed by atoms with Gasteiger partial charge in [0, 0.05) is 83.1 Å². The summed E-state index contributed by atoms with van der Waals surface area (Å²) in [6, 6.07) is 9.05. The quantitative estimate of drug-likeness (QED) is 0.0210. The molecule has 0 spiro atoms. The molecule has 2 aromatic carbocycles. The number of nitrogens with two attached hydrogens (primary N) is 1. The van der Waals surface area contributed by atoms with Crippen molar-refractivity contribution >= 4 is 56.8 Å². The molecule has 0 atom stereocenters.